The van der Waals surface area contributed by atoms with Gasteiger partial charge in [0.25, 0.3) is 19.2 Å². The Kier molecular flexibility index (Phi) is 57.1. The van der Waals surface area contributed by atoms with Crippen molar-refractivity contribution in [2.45, 2.75) is 129 Å². The zero-order valence-corrected chi connectivity index (χ0v) is 76.1. The number of benzene rings is 6. The smallest absolute Gasteiger partial charge is 0.870 e. The summed E-state index contributed by atoms with van der Waals surface area (Å²) in [5, 5.41) is 90.4. The zero-order chi connectivity index (χ0) is 92.3. The van der Waals surface area contributed by atoms with Crippen molar-refractivity contribution < 1.29 is 197 Å². The van der Waals surface area contributed by atoms with Gasteiger partial charge in [0, 0.05) is 61.1 Å². The summed E-state index contributed by atoms with van der Waals surface area (Å²) in [6.07, 6.45) is -1.99. The zero-order valence-electron chi connectivity index (χ0n) is 71.7. The first-order chi connectivity index (χ1) is 56.2. The summed E-state index contributed by atoms with van der Waals surface area (Å²) in [5.41, 5.74) is -0.0225. The van der Waals surface area contributed by atoms with Gasteiger partial charge in [0.2, 0.25) is 0 Å². The molecule has 0 saturated heterocycles. The Hall–Kier alpha value is -10.4. The predicted octanol–water partition coefficient (Wildman–Crippen LogP) is 7.30. The van der Waals surface area contributed by atoms with E-state index in [4.69, 9.17) is 98.0 Å². The van der Waals surface area contributed by atoms with Crippen LogP contribution in [-0.2, 0) is 70.7 Å². The van der Waals surface area contributed by atoms with Gasteiger partial charge in [-0.1, -0.05) is 35.4 Å². The standard InChI is InChI=1S/C17H25NO7.C16H23NO7.C16H25NO6S.C9H19NO4.C8H8O4.C7H7ClO2S.C7H6O4.Na.H2O/c1-17(2,3)25-16(21)18-5-6-23-7-8-24-14-10-12(15(20)22-4)9-13(19)11-14;1-16(2,3)24-15(21)17-4-5-22-6-7-23-13-9-11(14(19)20)8-12(18)10-13;1-13-5-7-14(8-6-13)24(19,20)22-12-11-21-10-9-17-15(18)23-16(2,3)4;1-9(2,3)14-8(12)10-4-6-13-7-5-11;1-12-8(11)5-2-6(9)4-7(10)3-5;1-6-2-4-7(5-3-6)11(8,9)10;8-5-1-4(7(10)11)2-6(9)3-5;;/h9-11,19H,5-8H2,1-4H3,(H,18,21);8-10,18H,4-7H2,1-3H3,(H,17,21)(H,19,20);5-8H,9-12H2,1-4H3,(H,17,18);11H,4-7H2,1-3H3,(H,10,12);2-4,9-10H,1H3;2-5H,1H3;1-3,8-9H,(H,10,11);;1H2/q;;;;;;;+1;/p-1. The van der Waals surface area contributed by atoms with E-state index in [1.807, 2.05) is 13.8 Å². The summed E-state index contributed by atoms with van der Waals surface area (Å²) in [5.74, 6) is -4.08. The number of alkyl carbamates (subject to hydrolysis) is 4. The number of hydrogen-bond acceptors (Lipinski definition) is 33. The predicted molar refractivity (Wildman–Crippen MR) is 441 cm³/mol. The number of aliphatic hydroxyl groups excluding tert-OH is 1. The third-order valence-electron chi connectivity index (χ3n) is 12.9. The van der Waals surface area contributed by atoms with E-state index in [9.17, 15) is 65.4 Å². The fraction of sp³-hybridized carbons (Fsp3) is 0.450. The van der Waals surface area contributed by atoms with Crippen molar-refractivity contribution in [2.75, 3.05) is 120 Å². The molecule has 6 aromatic rings. The van der Waals surface area contributed by atoms with E-state index >= 15 is 0 Å². The number of carboxylic acids is 2. The molecule has 0 bridgehead atoms. The SMILES string of the molecule is CC(C)(C)OC(=O)NCCOCCO.CC(C)(C)OC(=O)NCCOCCOc1cc(O)cc(C(=O)O)c1.COC(=O)c1cc(O)cc(O)c1.COC(=O)c1cc(O)cc(OCCOCCNC(=O)OC(C)(C)C)c1.Cc1ccc(S(=O)(=O)Cl)cc1.Cc1ccc(S(=O)(=O)OCCOCCNC(=O)OC(C)(C)C)cc1.O=C(O)c1cc(O)cc(O)c1.[Na+].[OH-]. The van der Waals surface area contributed by atoms with Gasteiger partial charge in [-0.15, -0.1) is 0 Å². The van der Waals surface area contributed by atoms with E-state index in [2.05, 4.69) is 30.7 Å². The minimum absolute atomic E-state index is 0. The van der Waals surface area contributed by atoms with Crippen LogP contribution in [0, 0.1) is 13.8 Å². The second-order valence-electron chi connectivity index (χ2n) is 28.4. The molecule has 4 amide bonds. The van der Waals surface area contributed by atoms with E-state index in [0.717, 1.165) is 41.5 Å². The number of phenolic OH excluding ortho intramolecular Hbond substituents is 6. The van der Waals surface area contributed by atoms with Gasteiger partial charge in [-0.25, -0.2) is 46.8 Å². The molecule has 0 atom stereocenters. The van der Waals surface area contributed by atoms with Gasteiger partial charge in [-0.2, -0.15) is 8.42 Å². The third kappa shape index (κ3) is 61.5. The number of aliphatic hydroxyl groups is 1. The van der Waals surface area contributed by atoms with Crippen molar-refractivity contribution in [3.63, 3.8) is 0 Å². The quantitative estimate of drug-likeness (QED) is 0.00492. The molecule has 0 unspecified atom stereocenters. The average Bonchev–Trinajstić information content (AvgIpc) is 0.852. The molecule has 123 heavy (non-hydrogen) atoms. The Morgan fingerprint density at radius 1 is 0.366 bits per heavy atom. The van der Waals surface area contributed by atoms with Crippen LogP contribution in [0.5, 0.6) is 46.0 Å². The number of esters is 2. The first-order valence-corrected chi connectivity index (χ1v) is 40.3. The van der Waals surface area contributed by atoms with Gasteiger partial charge in [0.1, 0.15) is 81.6 Å². The molecule has 6 aromatic carbocycles. The molecule has 39 nitrogen and oxygen atoms in total. The maximum atomic E-state index is 11.9. The van der Waals surface area contributed by atoms with Crippen molar-refractivity contribution in [3.05, 3.63) is 155 Å². The number of nitrogens with one attached hydrogen (secondary N) is 4. The monoisotopic (exact) mass is 1810 g/mol. The average molecular weight is 1810 g/mol. The number of aromatic carboxylic acids is 2. The normalized spacial score (nSPS) is 10.7. The summed E-state index contributed by atoms with van der Waals surface area (Å²) in [6.45, 7) is 28.8. The molecule has 0 aromatic heterocycles. The number of carboxylic acid groups (broad SMARTS) is 2. The van der Waals surface area contributed by atoms with Crippen LogP contribution in [-0.4, -0.2) is 259 Å². The maximum Gasteiger partial charge on any atom is 1.00 e. The number of hydrogen-bond donors (Lipinski definition) is 13. The summed E-state index contributed by atoms with van der Waals surface area (Å²) in [4.78, 5) is 88.9. The number of aryl methyl sites for hydroxylation is 2. The molecule has 0 aliphatic carbocycles. The van der Waals surface area contributed by atoms with Crippen molar-refractivity contribution >= 4 is 78.1 Å². The van der Waals surface area contributed by atoms with Crippen LogP contribution >= 0.6 is 10.7 Å². The van der Waals surface area contributed by atoms with Crippen LogP contribution in [0.15, 0.2) is 131 Å². The van der Waals surface area contributed by atoms with Gasteiger partial charge >= 0.3 is 77.8 Å². The fourth-order valence-corrected chi connectivity index (χ4v) is 9.65. The van der Waals surface area contributed by atoms with Gasteiger partial charge in [0.05, 0.1) is 112 Å². The van der Waals surface area contributed by atoms with E-state index in [1.54, 1.807) is 107 Å². The van der Waals surface area contributed by atoms with Crippen LogP contribution < -0.4 is 60.3 Å². The third-order valence-corrected chi connectivity index (χ3v) is 15.6. The molecule has 0 heterocycles. The second-order valence-corrected chi connectivity index (χ2v) is 32.6. The molecule has 43 heteroatoms. The summed E-state index contributed by atoms with van der Waals surface area (Å²) in [6, 6.07) is 27.4. The summed E-state index contributed by atoms with van der Waals surface area (Å²) >= 11 is 0. The van der Waals surface area contributed by atoms with Crippen molar-refractivity contribution in [2.24, 2.45) is 0 Å². The van der Waals surface area contributed by atoms with Gasteiger partial charge in [-0.3, -0.25) is 4.18 Å². The molecule has 0 spiro atoms. The first kappa shape index (κ1) is 117. The fourth-order valence-electron chi connectivity index (χ4n) is 7.99. The van der Waals surface area contributed by atoms with Gasteiger partial charge < -0.3 is 130 Å². The molecular formula is C80H114ClN4NaO35S2. The number of halogens is 1. The number of phenols is 6. The summed E-state index contributed by atoms with van der Waals surface area (Å²) < 4.78 is 111. The Labute approximate surface area is 741 Å². The second kappa shape index (κ2) is 60.2. The number of amides is 4. The van der Waals surface area contributed by atoms with E-state index in [-0.39, 0.29) is 180 Å². The molecule has 684 valence electrons. The topological polar surface area (TPSA) is 585 Å². The molecule has 0 radical (unpaired) electrons. The Bertz CT molecular complexity index is 4360. The number of methoxy groups -OCH3 is 2. The molecular weight excluding hydrogens is 1700 g/mol. The van der Waals surface area contributed by atoms with Crippen LogP contribution in [0.25, 0.3) is 0 Å². The summed E-state index contributed by atoms with van der Waals surface area (Å²) in [7, 11) is 0.244. The van der Waals surface area contributed by atoms with Gasteiger partial charge in [0.15, 0.2) is 0 Å². The number of carbonyl (C=O) groups excluding carboxylic acids is 6. The minimum atomic E-state index is -3.77. The molecule has 14 N–H and O–H groups in total. The maximum absolute atomic E-state index is 11.9. The van der Waals surface area contributed by atoms with Crippen molar-refractivity contribution in [3.8, 4) is 46.0 Å². The number of ether oxygens (including phenoxy) is 12. The Morgan fingerprint density at radius 3 is 0.911 bits per heavy atom. The largest absolute Gasteiger partial charge is 1.00 e. The molecule has 6 rings (SSSR count). The minimum Gasteiger partial charge on any atom is -0.870 e. The van der Waals surface area contributed by atoms with E-state index in [1.165, 1.54) is 80.9 Å². The first-order valence-electron chi connectivity index (χ1n) is 36.6. The number of carbonyl (C=O) groups is 8. The van der Waals surface area contributed by atoms with E-state index < -0.39 is 89.8 Å². The van der Waals surface area contributed by atoms with Crippen LogP contribution in [0.3, 0.4) is 0 Å². The van der Waals surface area contributed by atoms with Crippen LogP contribution in [0.4, 0.5) is 19.2 Å². The molecule has 0 aliphatic rings. The van der Waals surface area contributed by atoms with Crippen molar-refractivity contribution in [1.82, 2.24) is 21.3 Å². The molecule has 0 fully saturated rings. The Morgan fingerprint density at radius 2 is 0.626 bits per heavy atom. The molecule has 0 saturated carbocycles. The molecule has 0 aliphatic heterocycles. The Balaban J connectivity index is -0.00000140. The van der Waals surface area contributed by atoms with Crippen molar-refractivity contribution in [1.29, 1.82) is 0 Å². The number of rotatable bonds is 32. The number of aromatic hydroxyl groups is 6. The van der Waals surface area contributed by atoms with Gasteiger partial charge in [-0.05, 0) is 170 Å². The van der Waals surface area contributed by atoms with Crippen LogP contribution in [0.1, 0.15) is 136 Å². The van der Waals surface area contributed by atoms with E-state index in [0.29, 0.717) is 38.6 Å². The van der Waals surface area contributed by atoms with Crippen LogP contribution in [0.2, 0.25) is 0 Å².